The van der Waals surface area contributed by atoms with E-state index in [4.69, 9.17) is 4.74 Å². The van der Waals surface area contributed by atoms with Crippen LogP contribution in [0.4, 0.5) is 0 Å². The Morgan fingerprint density at radius 2 is 2.22 bits per heavy atom. The Bertz CT molecular complexity index is 409. The van der Waals surface area contributed by atoms with Crippen LogP contribution in [0.3, 0.4) is 0 Å². The number of nitrogens with one attached hydrogen (secondary N) is 1. The van der Waals surface area contributed by atoms with Gasteiger partial charge in [-0.3, -0.25) is 4.21 Å². The van der Waals surface area contributed by atoms with Crippen LogP contribution in [0, 0.1) is 0 Å². The van der Waals surface area contributed by atoms with Crippen LogP contribution in [0.5, 0.6) is 11.5 Å². The molecule has 1 aromatic rings. The molecular weight excluding hydrogens is 250 g/mol. The highest BCUT2D eigenvalue weighted by molar-refractivity contribution is 7.84. The molecule has 0 aromatic heterocycles. The molecule has 0 saturated heterocycles. The molecule has 1 rings (SSSR count). The highest BCUT2D eigenvalue weighted by Gasteiger charge is 2.05. The average Bonchev–Trinajstić information content (AvgIpc) is 2.34. The van der Waals surface area contributed by atoms with Gasteiger partial charge in [-0.05, 0) is 31.0 Å². The van der Waals surface area contributed by atoms with Crippen molar-refractivity contribution in [2.75, 3.05) is 19.1 Å². The number of methoxy groups -OCH3 is 1. The van der Waals surface area contributed by atoms with Gasteiger partial charge in [0.1, 0.15) is 0 Å². The normalized spacial score (nSPS) is 14.2. The second-order valence-electron chi connectivity index (χ2n) is 4.35. The molecule has 1 aromatic carbocycles. The zero-order chi connectivity index (χ0) is 13.5. The van der Waals surface area contributed by atoms with E-state index in [2.05, 4.69) is 12.2 Å². The fraction of sp³-hybridized carbons (Fsp3) is 0.538. The minimum atomic E-state index is -0.739. The summed E-state index contributed by atoms with van der Waals surface area (Å²) in [7, 11) is 0.789. The maximum Gasteiger partial charge on any atom is 0.160 e. The molecule has 0 fully saturated rings. The molecule has 2 atom stereocenters. The molecule has 4 nitrogen and oxygen atoms in total. The first-order chi connectivity index (χ1) is 8.52. The van der Waals surface area contributed by atoms with Crippen molar-refractivity contribution < 1.29 is 14.1 Å². The van der Waals surface area contributed by atoms with E-state index in [1.165, 1.54) is 7.11 Å². The summed E-state index contributed by atoms with van der Waals surface area (Å²) < 4.78 is 16.0. The van der Waals surface area contributed by atoms with Crippen LogP contribution in [0.25, 0.3) is 0 Å². The molecule has 0 heterocycles. The first-order valence-electron chi connectivity index (χ1n) is 5.92. The Labute approximate surface area is 111 Å². The number of phenols is 1. The highest BCUT2D eigenvalue weighted by Crippen LogP contribution is 2.26. The summed E-state index contributed by atoms with van der Waals surface area (Å²) in [5, 5.41) is 13.0. The Hall–Kier alpha value is -1.07. The number of hydrogen-bond donors (Lipinski definition) is 2. The number of hydrogen-bond acceptors (Lipinski definition) is 4. The van der Waals surface area contributed by atoms with Gasteiger partial charge in [0, 0.05) is 35.4 Å². The van der Waals surface area contributed by atoms with E-state index in [-0.39, 0.29) is 5.75 Å². The van der Waals surface area contributed by atoms with Crippen molar-refractivity contribution in [1.29, 1.82) is 0 Å². The molecule has 2 unspecified atom stereocenters. The van der Waals surface area contributed by atoms with Crippen molar-refractivity contribution in [1.82, 2.24) is 5.32 Å². The van der Waals surface area contributed by atoms with Gasteiger partial charge in [-0.1, -0.05) is 6.07 Å². The Kier molecular flexibility index (Phi) is 6.15. The number of benzene rings is 1. The fourth-order valence-corrected chi connectivity index (χ4v) is 2.27. The lowest BCUT2D eigenvalue weighted by Crippen LogP contribution is -2.26. The zero-order valence-electron chi connectivity index (χ0n) is 11.1. The third kappa shape index (κ3) is 5.06. The molecule has 0 bridgehead atoms. The fourth-order valence-electron chi connectivity index (χ4n) is 1.58. The molecule has 0 spiro atoms. The van der Waals surface area contributed by atoms with Crippen LogP contribution < -0.4 is 10.1 Å². The maximum absolute atomic E-state index is 11.0. The smallest absolute Gasteiger partial charge is 0.160 e. The predicted octanol–water partition coefficient (Wildman–Crippen LogP) is 1.65. The highest BCUT2D eigenvalue weighted by atomic mass is 32.2. The van der Waals surface area contributed by atoms with Gasteiger partial charge in [0.2, 0.25) is 0 Å². The number of ether oxygens (including phenoxy) is 1. The van der Waals surface area contributed by atoms with Crippen molar-refractivity contribution in [3.05, 3.63) is 23.8 Å². The standard InChI is InChI=1S/C13H21NO3S/c1-10(6-7-18(3)16)14-9-11-4-5-13(17-2)12(15)8-11/h4-5,8,10,14-15H,6-7,9H2,1-3H3. The average molecular weight is 271 g/mol. The number of phenolic OH excluding ortho intramolecular Hbond substituents is 1. The van der Waals surface area contributed by atoms with Crippen LogP contribution in [0.2, 0.25) is 0 Å². The van der Waals surface area contributed by atoms with Crippen molar-refractivity contribution in [2.45, 2.75) is 25.9 Å². The second-order valence-corrected chi connectivity index (χ2v) is 5.91. The second kappa shape index (κ2) is 7.38. The minimum absolute atomic E-state index is 0.152. The largest absolute Gasteiger partial charge is 0.504 e. The topological polar surface area (TPSA) is 58.6 Å². The van der Waals surface area contributed by atoms with E-state index < -0.39 is 10.8 Å². The molecule has 5 heteroatoms. The van der Waals surface area contributed by atoms with Crippen molar-refractivity contribution in [3.8, 4) is 11.5 Å². The molecule has 0 aliphatic carbocycles. The van der Waals surface area contributed by atoms with Crippen molar-refractivity contribution in [2.24, 2.45) is 0 Å². The summed E-state index contributed by atoms with van der Waals surface area (Å²) in [5.41, 5.74) is 0.998. The molecule has 0 amide bonds. The van der Waals surface area contributed by atoms with Gasteiger partial charge in [-0.25, -0.2) is 0 Å². The third-order valence-electron chi connectivity index (χ3n) is 2.74. The van der Waals surface area contributed by atoms with Crippen LogP contribution >= 0.6 is 0 Å². The van der Waals surface area contributed by atoms with E-state index in [9.17, 15) is 9.32 Å². The van der Waals surface area contributed by atoms with E-state index in [1.54, 1.807) is 18.4 Å². The van der Waals surface area contributed by atoms with Crippen LogP contribution in [-0.2, 0) is 17.3 Å². The van der Waals surface area contributed by atoms with E-state index >= 15 is 0 Å². The zero-order valence-corrected chi connectivity index (χ0v) is 11.9. The Morgan fingerprint density at radius 3 is 2.78 bits per heavy atom. The monoisotopic (exact) mass is 271 g/mol. The van der Waals surface area contributed by atoms with E-state index in [1.807, 2.05) is 6.07 Å². The summed E-state index contributed by atoms with van der Waals surface area (Å²) in [5.74, 6) is 1.34. The van der Waals surface area contributed by atoms with E-state index in [0.717, 1.165) is 12.0 Å². The van der Waals surface area contributed by atoms with Crippen molar-refractivity contribution >= 4 is 10.8 Å². The Morgan fingerprint density at radius 1 is 1.50 bits per heavy atom. The molecule has 0 aliphatic rings. The lowest BCUT2D eigenvalue weighted by molar-refractivity contribution is 0.373. The quantitative estimate of drug-likeness (QED) is 0.791. The molecule has 0 aliphatic heterocycles. The van der Waals surface area contributed by atoms with Crippen LogP contribution in [0.1, 0.15) is 18.9 Å². The van der Waals surface area contributed by atoms with Gasteiger partial charge >= 0.3 is 0 Å². The number of aromatic hydroxyl groups is 1. The van der Waals surface area contributed by atoms with Gasteiger partial charge in [-0.15, -0.1) is 0 Å². The van der Waals surface area contributed by atoms with Gasteiger partial charge in [0.15, 0.2) is 11.5 Å². The maximum atomic E-state index is 11.0. The molecule has 0 saturated carbocycles. The first-order valence-corrected chi connectivity index (χ1v) is 7.65. The molecule has 102 valence electrons. The van der Waals surface area contributed by atoms with E-state index in [0.29, 0.717) is 24.1 Å². The molecule has 2 N–H and O–H groups in total. The SMILES string of the molecule is COc1ccc(CNC(C)CCS(C)=O)cc1O. The lowest BCUT2D eigenvalue weighted by atomic mass is 10.2. The minimum Gasteiger partial charge on any atom is -0.504 e. The van der Waals surface area contributed by atoms with Gasteiger partial charge in [0.05, 0.1) is 7.11 Å². The summed E-state index contributed by atoms with van der Waals surface area (Å²) in [6.07, 6.45) is 2.60. The van der Waals surface area contributed by atoms with Crippen molar-refractivity contribution in [3.63, 3.8) is 0 Å². The first kappa shape index (κ1) is 15.0. The Balaban J connectivity index is 2.43. The lowest BCUT2D eigenvalue weighted by Gasteiger charge is -2.13. The van der Waals surface area contributed by atoms with Gasteiger partial charge in [-0.2, -0.15) is 0 Å². The summed E-state index contributed by atoms with van der Waals surface area (Å²) >= 11 is 0. The summed E-state index contributed by atoms with van der Waals surface area (Å²) in [4.78, 5) is 0. The third-order valence-corrected chi connectivity index (χ3v) is 3.55. The van der Waals surface area contributed by atoms with Crippen LogP contribution in [0.15, 0.2) is 18.2 Å². The van der Waals surface area contributed by atoms with Gasteiger partial charge < -0.3 is 15.2 Å². The summed E-state index contributed by atoms with van der Waals surface area (Å²) in [6.45, 7) is 2.74. The predicted molar refractivity (Wildman–Crippen MR) is 74.5 cm³/mol. The summed E-state index contributed by atoms with van der Waals surface area (Å²) in [6, 6.07) is 5.66. The molecule has 0 radical (unpaired) electrons. The van der Waals surface area contributed by atoms with Crippen LogP contribution in [-0.4, -0.2) is 34.5 Å². The molecular formula is C13H21NO3S. The van der Waals surface area contributed by atoms with Gasteiger partial charge in [0.25, 0.3) is 0 Å². The molecule has 18 heavy (non-hydrogen) atoms. The number of rotatable bonds is 7.